The molecule has 0 unspecified atom stereocenters. The molecule has 19 heavy (non-hydrogen) atoms. The Morgan fingerprint density at radius 2 is 2.05 bits per heavy atom. The summed E-state index contributed by atoms with van der Waals surface area (Å²) >= 11 is 0. The van der Waals surface area contributed by atoms with E-state index in [1.165, 1.54) is 0 Å². The third-order valence-corrected chi connectivity index (χ3v) is 3.97. The van der Waals surface area contributed by atoms with Crippen molar-refractivity contribution in [2.24, 2.45) is 0 Å². The molecular formula is C15H19NO3. The van der Waals surface area contributed by atoms with Crippen LogP contribution in [-0.2, 0) is 16.0 Å². The molecule has 0 spiro atoms. The highest BCUT2D eigenvalue weighted by Crippen LogP contribution is 2.29. The molecule has 102 valence electrons. The summed E-state index contributed by atoms with van der Waals surface area (Å²) in [6.45, 7) is 0. The Hall–Kier alpha value is -1.39. The van der Waals surface area contributed by atoms with E-state index in [2.05, 4.69) is 5.32 Å². The van der Waals surface area contributed by atoms with E-state index in [4.69, 9.17) is 4.74 Å². The Labute approximate surface area is 112 Å². The van der Waals surface area contributed by atoms with Gasteiger partial charge in [-0.1, -0.05) is 30.3 Å². The Kier molecular flexibility index (Phi) is 3.53. The van der Waals surface area contributed by atoms with E-state index in [-0.39, 0.29) is 24.2 Å². The highest BCUT2D eigenvalue weighted by atomic mass is 16.5. The van der Waals surface area contributed by atoms with Crippen molar-refractivity contribution >= 4 is 5.97 Å². The molecule has 4 atom stereocenters. The van der Waals surface area contributed by atoms with Gasteiger partial charge in [-0.15, -0.1) is 0 Å². The van der Waals surface area contributed by atoms with E-state index in [0.717, 1.165) is 18.4 Å². The van der Waals surface area contributed by atoms with Gasteiger partial charge < -0.3 is 15.2 Å². The first-order chi connectivity index (χ1) is 9.20. The monoisotopic (exact) mass is 261 g/mol. The van der Waals surface area contributed by atoms with Crippen molar-refractivity contribution in [1.29, 1.82) is 0 Å². The molecule has 4 nitrogen and oxygen atoms in total. The van der Waals surface area contributed by atoms with Gasteiger partial charge in [0.15, 0.2) is 0 Å². The summed E-state index contributed by atoms with van der Waals surface area (Å²) < 4.78 is 5.56. The van der Waals surface area contributed by atoms with E-state index < -0.39 is 0 Å². The van der Waals surface area contributed by atoms with Crippen molar-refractivity contribution in [2.75, 3.05) is 0 Å². The van der Waals surface area contributed by atoms with E-state index in [1.54, 1.807) is 0 Å². The molecule has 2 saturated heterocycles. The number of ether oxygens (including phenoxy) is 1. The van der Waals surface area contributed by atoms with Gasteiger partial charge in [0.05, 0.1) is 12.5 Å². The Balaban J connectivity index is 1.56. The number of hydrogen-bond acceptors (Lipinski definition) is 4. The fraction of sp³-hybridized carbons (Fsp3) is 0.533. The first kappa shape index (κ1) is 12.6. The predicted molar refractivity (Wildman–Crippen MR) is 70.6 cm³/mol. The van der Waals surface area contributed by atoms with Crippen LogP contribution in [0.1, 0.15) is 24.8 Å². The van der Waals surface area contributed by atoms with Gasteiger partial charge in [0.1, 0.15) is 6.10 Å². The number of hydrogen-bond donors (Lipinski definition) is 2. The van der Waals surface area contributed by atoms with Gasteiger partial charge >= 0.3 is 5.97 Å². The van der Waals surface area contributed by atoms with Crippen molar-refractivity contribution in [3.8, 4) is 0 Å². The van der Waals surface area contributed by atoms with Crippen LogP contribution in [-0.4, -0.2) is 35.4 Å². The lowest BCUT2D eigenvalue weighted by atomic mass is 10.0. The van der Waals surface area contributed by atoms with Crippen LogP contribution in [0.2, 0.25) is 0 Å². The zero-order valence-electron chi connectivity index (χ0n) is 10.8. The summed E-state index contributed by atoms with van der Waals surface area (Å²) in [5.41, 5.74) is 0.974. The van der Waals surface area contributed by atoms with E-state index in [0.29, 0.717) is 18.9 Å². The number of rotatable bonds is 3. The molecule has 0 aliphatic carbocycles. The van der Waals surface area contributed by atoms with Crippen molar-refractivity contribution in [3.05, 3.63) is 35.9 Å². The van der Waals surface area contributed by atoms with Crippen LogP contribution in [0.15, 0.2) is 30.3 Å². The molecule has 2 N–H and O–H groups in total. The Bertz CT molecular complexity index is 448. The quantitative estimate of drug-likeness (QED) is 0.798. The average Bonchev–Trinajstić information content (AvgIpc) is 2.65. The van der Waals surface area contributed by atoms with Crippen LogP contribution in [0.4, 0.5) is 0 Å². The van der Waals surface area contributed by atoms with Crippen LogP contribution >= 0.6 is 0 Å². The maximum atomic E-state index is 11.9. The standard InChI is InChI=1S/C15H19NO3/c17-12-7-11-8-14(13(9-12)16-11)19-15(18)6-10-4-2-1-3-5-10/h1-5,11-14,16-17H,6-9H2/t11-,12-,13+,14-/m1/s1. The average molecular weight is 261 g/mol. The van der Waals surface area contributed by atoms with Crippen molar-refractivity contribution in [3.63, 3.8) is 0 Å². The number of piperidine rings is 1. The Morgan fingerprint density at radius 1 is 1.26 bits per heavy atom. The summed E-state index contributed by atoms with van der Waals surface area (Å²) in [6.07, 6.45) is 2.25. The molecule has 0 amide bonds. The Morgan fingerprint density at radius 3 is 2.84 bits per heavy atom. The highest BCUT2D eigenvalue weighted by Gasteiger charge is 2.41. The molecule has 2 fully saturated rings. The first-order valence-electron chi connectivity index (χ1n) is 6.88. The van der Waals surface area contributed by atoms with Crippen LogP contribution in [0.3, 0.4) is 0 Å². The van der Waals surface area contributed by atoms with Crippen LogP contribution in [0, 0.1) is 0 Å². The molecule has 0 saturated carbocycles. The molecule has 0 radical (unpaired) electrons. The molecule has 2 aliphatic heterocycles. The van der Waals surface area contributed by atoms with Gasteiger partial charge in [0.2, 0.25) is 0 Å². The maximum absolute atomic E-state index is 11.9. The number of nitrogens with one attached hydrogen (secondary N) is 1. The third-order valence-electron chi connectivity index (χ3n) is 3.97. The van der Waals surface area contributed by atoms with Gasteiger partial charge in [0.25, 0.3) is 0 Å². The summed E-state index contributed by atoms with van der Waals surface area (Å²) in [4.78, 5) is 11.9. The second-order valence-electron chi connectivity index (χ2n) is 5.52. The number of esters is 1. The molecule has 0 aromatic heterocycles. The lowest BCUT2D eigenvalue weighted by Crippen LogP contribution is -2.43. The van der Waals surface area contributed by atoms with Crippen LogP contribution < -0.4 is 5.32 Å². The minimum atomic E-state index is -0.255. The number of aliphatic hydroxyl groups is 1. The summed E-state index contributed by atoms with van der Waals surface area (Å²) in [7, 11) is 0. The van der Waals surface area contributed by atoms with Gasteiger partial charge in [-0.2, -0.15) is 0 Å². The minimum Gasteiger partial charge on any atom is -0.460 e. The predicted octanol–water partition coefficient (Wildman–Crippen LogP) is 1.03. The highest BCUT2D eigenvalue weighted by molar-refractivity contribution is 5.72. The van der Waals surface area contributed by atoms with E-state index in [1.807, 2.05) is 30.3 Å². The van der Waals surface area contributed by atoms with Crippen molar-refractivity contribution < 1.29 is 14.6 Å². The zero-order valence-corrected chi connectivity index (χ0v) is 10.8. The van der Waals surface area contributed by atoms with E-state index >= 15 is 0 Å². The van der Waals surface area contributed by atoms with Gasteiger partial charge in [0, 0.05) is 18.5 Å². The maximum Gasteiger partial charge on any atom is 0.310 e. The third kappa shape index (κ3) is 2.96. The zero-order chi connectivity index (χ0) is 13.2. The minimum absolute atomic E-state index is 0.0848. The molecule has 2 heterocycles. The lowest BCUT2D eigenvalue weighted by Gasteiger charge is -2.26. The van der Waals surface area contributed by atoms with Crippen molar-refractivity contribution in [1.82, 2.24) is 5.32 Å². The largest absolute Gasteiger partial charge is 0.460 e. The molecular weight excluding hydrogens is 242 g/mol. The summed E-state index contributed by atoms with van der Waals surface area (Å²) in [5, 5.41) is 13.1. The first-order valence-corrected chi connectivity index (χ1v) is 6.88. The topological polar surface area (TPSA) is 58.6 Å². The van der Waals surface area contributed by atoms with E-state index in [9.17, 15) is 9.90 Å². The molecule has 3 rings (SSSR count). The second kappa shape index (κ2) is 5.31. The van der Waals surface area contributed by atoms with Crippen LogP contribution in [0.25, 0.3) is 0 Å². The molecule has 2 bridgehead atoms. The normalized spacial score (nSPS) is 33.1. The molecule has 1 aromatic carbocycles. The smallest absolute Gasteiger partial charge is 0.310 e. The van der Waals surface area contributed by atoms with Gasteiger partial charge in [-0.25, -0.2) is 0 Å². The van der Waals surface area contributed by atoms with Crippen molar-refractivity contribution in [2.45, 2.75) is 50.0 Å². The summed E-state index contributed by atoms with van der Waals surface area (Å²) in [5.74, 6) is -0.181. The molecule has 4 heteroatoms. The lowest BCUT2D eigenvalue weighted by molar-refractivity contribution is -0.148. The fourth-order valence-corrected chi connectivity index (χ4v) is 3.13. The summed E-state index contributed by atoms with van der Waals surface area (Å²) in [6, 6.07) is 10.0. The van der Waals surface area contributed by atoms with Gasteiger partial charge in [-0.05, 0) is 18.4 Å². The van der Waals surface area contributed by atoms with Crippen LogP contribution in [0.5, 0.6) is 0 Å². The number of carbonyl (C=O) groups excluding carboxylic acids is 1. The molecule has 2 aliphatic rings. The number of carbonyl (C=O) groups is 1. The van der Waals surface area contributed by atoms with Gasteiger partial charge in [-0.3, -0.25) is 4.79 Å². The number of benzene rings is 1. The second-order valence-corrected chi connectivity index (χ2v) is 5.52. The fourth-order valence-electron chi connectivity index (χ4n) is 3.13. The number of fused-ring (bicyclic) bond motifs is 2. The number of aliphatic hydroxyl groups excluding tert-OH is 1. The molecule has 1 aromatic rings. The SMILES string of the molecule is O=C(Cc1ccccc1)O[C@@H]1C[C@H]2C[C@@H](O)C[C@@H]1N2.